The molecule has 0 saturated carbocycles. The molecule has 0 radical (unpaired) electrons. The second-order valence-electron chi connectivity index (χ2n) is 7.68. The number of carbonyl (C=O) groups is 1. The van der Waals surface area contributed by atoms with Gasteiger partial charge in [-0.3, -0.25) is 4.79 Å². The molecule has 1 aromatic heterocycles. The van der Waals surface area contributed by atoms with E-state index in [0.29, 0.717) is 45.0 Å². The molecule has 0 unspecified atom stereocenters. The Balaban J connectivity index is 1.28. The zero-order chi connectivity index (χ0) is 22.1. The van der Waals surface area contributed by atoms with E-state index in [4.69, 9.17) is 4.74 Å². The van der Waals surface area contributed by atoms with Crippen LogP contribution in [0, 0.1) is 0 Å². The molecule has 5 nitrogen and oxygen atoms in total. The molecule has 0 spiro atoms. The molecule has 1 aliphatic rings. The van der Waals surface area contributed by atoms with Crippen LogP contribution in [0.4, 0.5) is 19.0 Å². The molecule has 1 aliphatic heterocycles. The average Bonchev–Trinajstić information content (AvgIpc) is 2.77. The Bertz CT molecular complexity index is 805. The molecule has 1 fully saturated rings. The average molecular weight is 435 g/mol. The third kappa shape index (κ3) is 7.54. The fraction of sp³-hybridized carbons (Fsp3) is 0.478. The van der Waals surface area contributed by atoms with Gasteiger partial charge in [-0.1, -0.05) is 30.3 Å². The van der Waals surface area contributed by atoms with Crippen LogP contribution in [0.25, 0.3) is 0 Å². The summed E-state index contributed by atoms with van der Waals surface area (Å²) in [4.78, 5) is 18.0. The van der Waals surface area contributed by atoms with Gasteiger partial charge >= 0.3 is 6.18 Å². The van der Waals surface area contributed by atoms with Crippen molar-refractivity contribution >= 4 is 11.7 Å². The number of rotatable bonds is 9. The Morgan fingerprint density at radius 2 is 1.84 bits per heavy atom. The monoisotopic (exact) mass is 435 g/mol. The molecule has 8 heteroatoms. The Kier molecular flexibility index (Phi) is 8.28. The highest BCUT2D eigenvalue weighted by atomic mass is 19.4. The maximum atomic E-state index is 12.7. The third-order valence-electron chi connectivity index (χ3n) is 5.33. The number of benzene rings is 1. The maximum absolute atomic E-state index is 12.7. The van der Waals surface area contributed by atoms with Crippen molar-refractivity contribution < 1.29 is 22.7 Å². The van der Waals surface area contributed by atoms with E-state index in [2.05, 4.69) is 22.4 Å². The number of halogens is 3. The summed E-state index contributed by atoms with van der Waals surface area (Å²) < 4.78 is 43.6. The van der Waals surface area contributed by atoms with E-state index < -0.39 is 11.7 Å². The molecule has 2 aromatic rings. The van der Waals surface area contributed by atoms with Gasteiger partial charge in [0.05, 0.1) is 12.2 Å². The maximum Gasteiger partial charge on any atom is 0.417 e. The molecule has 31 heavy (non-hydrogen) atoms. The van der Waals surface area contributed by atoms with Gasteiger partial charge in [-0.2, -0.15) is 13.2 Å². The second kappa shape index (κ2) is 11.1. The van der Waals surface area contributed by atoms with Crippen molar-refractivity contribution in [3.63, 3.8) is 0 Å². The van der Waals surface area contributed by atoms with Gasteiger partial charge < -0.3 is 15.0 Å². The van der Waals surface area contributed by atoms with Crippen LogP contribution in [0.1, 0.15) is 36.8 Å². The molecule has 1 aromatic carbocycles. The lowest BCUT2D eigenvalue weighted by Gasteiger charge is -2.33. The lowest BCUT2D eigenvalue weighted by Crippen LogP contribution is -2.45. The van der Waals surface area contributed by atoms with E-state index in [1.54, 1.807) is 0 Å². The van der Waals surface area contributed by atoms with Gasteiger partial charge in [0.2, 0.25) is 5.91 Å². The van der Waals surface area contributed by atoms with Crippen molar-refractivity contribution in [1.29, 1.82) is 0 Å². The second-order valence-corrected chi connectivity index (χ2v) is 7.68. The molecule has 0 aliphatic carbocycles. The molecule has 0 bridgehead atoms. The fourth-order valence-corrected chi connectivity index (χ4v) is 3.57. The predicted molar refractivity (Wildman–Crippen MR) is 113 cm³/mol. The standard InChI is InChI=1S/C23H28F3N3O2/c24-23(25,26)19-8-9-21(27-17-19)29-13-10-20(11-14-29)28-22(30)7-4-15-31-16-12-18-5-2-1-3-6-18/h1-3,5-6,8-9,17,20H,4,7,10-16H2,(H,28,30). The minimum Gasteiger partial charge on any atom is -0.381 e. The number of alkyl halides is 3. The topological polar surface area (TPSA) is 54.5 Å². The summed E-state index contributed by atoms with van der Waals surface area (Å²) in [6, 6.07) is 12.7. The predicted octanol–water partition coefficient (Wildman–Crippen LogP) is 4.22. The van der Waals surface area contributed by atoms with Crippen LogP contribution in [0.2, 0.25) is 0 Å². The summed E-state index contributed by atoms with van der Waals surface area (Å²) in [5.74, 6) is 0.545. The molecular weight excluding hydrogens is 407 g/mol. The lowest BCUT2D eigenvalue weighted by molar-refractivity contribution is -0.137. The summed E-state index contributed by atoms with van der Waals surface area (Å²) >= 11 is 0. The summed E-state index contributed by atoms with van der Waals surface area (Å²) in [5.41, 5.74) is 0.487. The van der Waals surface area contributed by atoms with Crippen molar-refractivity contribution in [3.05, 3.63) is 59.8 Å². The number of piperidine rings is 1. The number of aromatic nitrogens is 1. The highest BCUT2D eigenvalue weighted by molar-refractivity contribution is 5.76. The molecule has 1 amide bonds. The van der Waals surface area contributed by atoms with E-state index in [0.717, 1.165) is 31.5 Å². The molecule has 3 rings (SSSR count). The Morgan fingerprint density at radius 3 is 2.48 bits per heavy atom. The van der Waals surface area contributed by atoms with E-state index in [9.17, 15) is 18.0 Å². The van der Waals surface area contributed by atoms with Crippen molar-refractivity contribution in [2.75, 3.05) is 31.2 Å². The zero-order valence-electron chi connectivity index (χ0n) is 17.4. The van der Waals surface area contributed by atoms with Crippen LogP contribution >= 0.6 is 0 Å². The van der Waals surface area contributed by atoms with Crippen LogP contribution in [0.3, 0.4) is 0 Å². The molecule has 1 N–H and O–H groups in total. The quantitative estimate of drug-likeness (QED) is 0.599. The Morgan fingerprint density at radius 1 is 1.10 bits per heavy atom. The number of ether oxygens (including phenoxy) is 1. The number of hydrogen-bond donors (Lipinski definition) is 1. The third-order valence-corrected chi connectivity index (χ3v) is 5.33. The number of carbonyl (C=O) groups excluding carboxylic acids is 1. The van der Waals surface area contributed by atoms with Crippen LogP contribution in [0.15, 0.2) is 48.7 Å². The largest absolute Gasteiger partial charge is 0.417 e. The first-order chi connectivity index (χ1) is 14.9. The van der Waals surface area contributed by atoms with Crippen molar-refractivity contribution in [2.45, 2.75) is 44.3 Å². The SMILES string of the molecule is O=C(CCCOCCc1ccccc1)NC1CCN(c2ccc(C(F)(F)F)cn2)CC1. The first kappa shape index (κ1) is 23.1. The van der Waals surface area contributed by atoms with E-state index in [-0.39, 0.29) is 11.9 Å². The van der Waals surface area contributed by atoms with Crippen molar-refractivity contribution in [2.24, 2.45) is 0 Å². The highest BCUT2D eigenvalue weighted by Gasteiger charge is 2.31. The van der Waals surface area contributed by atoms with E-state index in [1.165, 1.54) is 11.6 Å². The van der Waals surface area contributed by atoms with Crippen LogP contribution in [-0.4, -0.2) is 43.2 Å². The first-order valence-electron chi connectivity index (χ1n) is 10.6. The molecular formula is C23H28F3N3O2. The first-order valence-corrected chi connectivity index (χ1v) is 10.6. The minimum absolute atomic E-state index is 0.0118. The van der Waals surface area contributed by atoms with Gasteiger partial charge in [0.15, 0.2) is 0 Å². The molecule has 0 atom stereocenters. The Labute approximate surface area is 180 Å². The fourth-order valence-electron chi connectivity index (χ4n) is 3.57. The van der Waals surface area contributed by atoms with Gasteiger partial charge in [0.1, 0.15) is 5.82 Å². The summed E-state index contributed by atoms with van der Waals surface area (Å²) in [6.45, 7) is 2.48. The minimum atomic E-state index is -4.38. The highest BCUT2D eigenvalue weighted by Crippen LogP contribution is 2.29. The van der Waals surface area contributed by atoms with Gasteiger partial charge in [0, 0.05) is 38.4 Å². The zero-order valence-corrected chi connectivity index (χ0v) is 17.4. The summed E-state index contributed by atoms with van der Waals surface area (Å²) in [6.07, 6.45) is -0.0781. The number of amides is 1. The smallest absolute Gasteiger partial charge is 0.381 e. The summed E-state index contributed by atoms with van der Waals surface area (Å²) in [7, 11) is 0. The van der Waals surface area contributed by atoms with Crippen LogP contribution in [-0.2, 0) is 22.1 Å². The lowest BCUT2D eigenvalue weighted by atomic mass is 10.0. The number of hydrogen-bond acceptors (Lipinski definition) is 4. The van der Waals surface area contributed by atoms with Gasteiger partial charge in [-0.15, -0.1) is 0 Å². The Hall–Kier alpha value is -2.61. The van der Waals surface area contributed by atoms with Gasteiger partial charge in [-0.25, -0.2) is 4.98 Å². The van der Waals surface area contributed by atoms with Gasteiger partial charge in [0.25, 0.3) is 0 Å². The van der Waals surface area contributed by atoms with Crippen molar-refractivity contribution in [3.8, 4) is 0 Å². The molecule has 168 valence electrons. The summed E-state index contributed by atoms with van der Waals surface area (Å²) in [5, 5.41) is 3.05. The number of nitrogens with one attached hydrogen (secondary N) is 1. The van der Waals surface area contributed by atoms with Gasteiger partial charge in [-0.05, 0) is 43.4 Å². The van der Waals surface area contributed by atoms with Crippen LogP contribution < -0.4 is 10.2 Å². The molecule has 2 heterocycles. The normalized spacial score (nSPS) is 15.1. The van der Waals surface area contributed by atoms with Crippen molar-refractivity contribution in [1.82, 2.24) is 10.3 Å². The molecule has 1 saturated heterocycles. The number of pyridine rings is 1. The van der Waals surface area contributed by atoms with E-state index in [1.807, 2.05) is 23.1 Å². The van der Waals surface area contributed by atoms with E-state index >= 15 is 0 Å². The number of anilines is 1. The number of nitrogens with zero attached hydrogens (tertiary/aromatic N) is 2. The van der Waals surface area contributed by atoms with Crippen LogP contribution in [0.5, 0.6) is 0 Å².